The molecule has 2 aliphatic heterocycles. The number of hydrogen-bond acceptors (Lipinski definition) is 4. The minimum Gasteiger partial charge on any atom is -0.508 e. The number of para-hydroxylation sites is 1. The zero-order valence-electron chi connectivity index (χ0n) is 15.9. The van der Waals surface area contributed by atoms with E-state index in [1.165, 1.54) is 12.1 Å². The molecule has 7 nitrogen and oxygen atoms in total. The monoisotopic (exact) mass is 388 g/mol. The van der Waals surface area contributed by atoms with Crippen LogP contribution in [0, 0.1) is 0 Å². The van der Waals surface area contributed by atoms with Crippen LogP contribution in [-0.4, -0.2) is 38.1 Å². The molecule has 1 fully saturated rings. The quantitative estimate of drug-likeness (QED) is 0.706. The number of carbonyl (C=O) groups is 2. The lowest BCUT2D eigenvalue weighted by Gasteiger charge is -2.33. The Morgan fingerprint density at radius 1 is 1.21 bits per heavy atom. The van der Waals surface area contributed by atoms with Gasteiger partial charge in [0, 0.05) is 36.6 Å². The van der Waals surface area contributed by atoms with Crippen molar-refractivity contribution < 1.29 is 14.7 Å². The van der Waals surface area contributed by atoms with Crippen LogP contribution in [0.5, 0.6) is 5.75 Å². The van der Waals surface area contributed by atoms with Gasteiger partial charge in [-0.1, -0.05) is 18.2 Å². The fourth-order valence-corrected chi connectivity index (χ4v) is 4.72. The molecule has 7 heteroatoms. The molecule has 1 aromatic heterocycles. The zero-order valence-corrected chi connectivity index (χ0v) is 15.9. The third-order valence-corrected chi connectivity index (χ3v) is 6.00. The maximum Gasteiger partial charge on any atom is 0.254 e. The third kappa shape index (κ3) is 2.47. The average Bonchev–Trinajstić information content (AvgIpc) is 3.39. The molecular weight excluding hydrogens is 368 g/mol. The second kappa shape index (κ2) is 6.20. The molecule has 0 bridgehead atoms. The van der Waals surface area contributed by atoms with Crippen LogP contribution in [-0.2, 0) is 17.3 Å². The molecule has 1 spiro atoms. The van der Waals surface area contributed by atoms with Gasteiger partial charge in [0.15, 0.2) is 0 Å². The third-order valence-electron chi connectivity index (χ3n) is 6.00. The van der Waals surface area contributed by atoms with Crippen molar-refractivity contribution in [3.05, 3.63) is 77.6 Å². The van der Waals surface area contributed by atoms with Crippen molar-refractivity contribution in [2.75, 3.05) is 11.9 Å². The Morgan fingerprint density at radius 3 is 2.69 bits per heavy atom. The van der Waals surface area contributed by atoms with Gasteiger partial charge < -0.3 is 15.3 Å². The molecule has 0 saturated carbocycles. The van der Waals surface area contributed by atoms with Crippen molar-refractivity contribution in [3.63, 3.8) is 0 Å². The highest BCUT2D eigenvalue weighted by Gasteiger charge is 2.59. The maximum absolute atomic E-state index is 13.4. The van der Waals surface area contributed by atoms with Gasteiger partial charge in [0.25, 0.3) is 5.91 Å². The number of aromatic nitrogens is 2. The van der Waals surface area contributed by atoms with Gasteiger partial charge in [-0.15, -0.1) is 0 Å². The lowest BCUT2D eigenvalue weighted by Crippen LogP contribution is -2.42. The Hall–Kier alpha value is -3.61. The standard InChI is InChI=1S/C22H20N4O3/c1-25-13-15(12-23-25)19-22(17-4-2-3-5-18(17)24-21(22)29)10-11-26(19)20(28)14-6-8-16(27)9-7-14/h2-9,12-13,19,27H,10-11H2,1H3,(H,24,29). The summed E-state index contributed by atoms with van der Waals surface area (Å²) in [6, 6.07) is 13.4. The molecule has 2 aromatic carbocycles. The highest BCUT2D eigenvalue weighted by molar-refractivity contribution is 6.08. The molecule has 5 rings (SSSR count). The average molecular weight is 388 g/mol. The first-order valence-electron chi connectivity index (χ1n) is 9.50. The van der Waals surface area contributed by atoms with E-state index in [0.29, 0.717) is 18.5 Å². The highest BCUT2D eigenvalue weighted by Crippen LogP contribution is 2.54. The number of likely N-dealkylation sites (tertiary alicyclic amines) is 1. The van der Waals surface area contributed by atoms with Crippen molar-refractivity contribution in [3.8, 4) is 5.75 Å². The first-order chi connectivity index (χ1) is 14.0. The SMILES string of the molecule is Cn1cc(C2N(C(=O)c3ccc(O)cc3)CCC23C(=O)Nc2ccccc23)cn1. The number of carbonyl (C=O) groups excluding carboxylic acids is 2. The number of amides is 2. The van der Waals surface area contributed by atoms with Crippen molar-refractivity contribution in [2.24, 2.45) is 7.05 Å². The number of benzene rings is 2. The number of hydrogen-bond donors (Lipinski definition) is 2. The van der Waals surface area contributed by atoms with E-state index in [2.05, 4.69) is 10.4 Å². The number of nitrogens with one attached hydrogen (secondary N) is 1. The highest BCUT2D eigenvalue weighted by atomic mass is 16.3. The maximum atomic E-state index is 13.4. The summed E-state index contributed by atoms with van der Waals surface area (Å²) in [7, 11) is 1.82. The van der Waals surface area contributed by atoms with Gasteiger partial charge in [0.2, 0.25) is 5.91 Å². The molecule has 2 aliphatic rings. The van der Waals surface area contributed by atoms with Crippen molar-refractivity contribution in [2.45, 2.75) is 17.9 Å². The Morgan fingerprint density at radius 2 is 1.97 bits per heavy atom. The lowest BCUT2D eigenvalue weighted by atomic mass is 9.73. The summed E-state index contributed by atoms with van der Waals surface area (Å²) in [5.41, 5.74) is 2.15. The minimum absolute atomic E-state index is 0.0893. The van der Waals surface area contributed by atoms with E-state index in [-0.39, 0.29) is 17.6 Å². The van der Waals surface area contributed by atoms with Gasteiger partial charge in [-0.05, 0) is 42.3 Å². The molecule has 146 valence electrons. The molecule has 1 saturated heterocycles. The summed E-state index contributed by atoms with van der Waals surface area (Å²) in [6.07, 6.45) is 4.12. The van der Waals surface area contributed by atoms with Gasteiger partial charge in [-0.3, -0.25) is 14.3 Å². The molecule has 29 heavy (non-hydrogen) atoms. The summed E-state index contributed by atoms with van der Waals surface area (Å²) in [6.45, 7) is 0.445. The van der Waals surface area contributed by atoms with E-state index in [0.717, 1.165) is 16.8 Å². The topological polar surface area (TPSA) is 87.5 Å². The Labute approximate surface area is 167 Å². The van der Waals surface area contributed by atoms with Gasteiger partial charge in [0.05, 0.1) is 12.2 Å². The molecule has 2 amide bonds. The second-order valence-corrected chi connectivity index (χ2v) is 7.62. The summed E-state index contributed by atoms with van der Waals surface area (Å²) in [5.74, 6) is -0.159. The number of phenols is 1. The summed E-state index contributed by atoms with van der Waals surface area (Å²) in [5, 5.41) is 16.9. The number of phenolic OH excluding ortho intramolecular Hbond substituents is 1. The molecule has 3 aromatic rings. The first kappa shape index (κ1) is 17.5. The molecule has 0 radical (unpaired) electrons. The molecule has 3 heterocycles. The van der Waals surface area contributed by atoms with Gasteiger partial charge in [-0.25, -0.2) is 0 Å². The normalized spacial score (nSPS) is 22.7. The fraction of sp³-hybridized carbons (Fsp3) is 0.227. The molecule has 0 aliphatic carbocycles. The number of nitrogens with zero attached hydrogens (tertiary/aromatic N) is 3. The minimum atomic E-state index is -0.855. The summed E-state index contributed by atoms with van der Waals surface area (Å²) < 4.78 is 1.68. The Bertz CT molecular complexity index is 1120. The summed E-state index contributed by atoms with van der Waals surface area (Å²) >= 11 is 0. The van der Waals surface area contributed by atoms with E-state index in [4.69, 9.17) is 0 Å². The van der Waals surface area contributed by atoms with Gasteiger partial charge in [0.1, 0.15) is 11.2 Å². The van der Waals surface area contributed by atoms with E-state index >= 15 is 0 Å². The first-order valence-corrected chi connectivity index (χ1v) is 9.50. The molecule has 2 N–H and O–H groups in total. The van der Waals surface area contributed by atoms with Crippen molar-refractivity contribution >= 4 is 17.5 Å². The van der Waals surface area contributed by atoms with Gasteiger partial charge >= 0.3 is 0 Å². The van der Waals surface area contributed by atoms with E-state index in [1.807, 2.05) is 37.5 Å². The van der Waals surface area contributed by atoms with E-state index in [1.54, 1.807) is 27.9 Å². The van der Waals surface area contributed by atoms with Crippen LogP contribution in [0.1, 0.15) is 33.9 Å². The Kier molecular flexibility index (Phi) is 3.74. The van der Waals surface area contributed by atoms with Crippen LogP contribution in [0.25, 0.3) is 0 Å². The number of aryl methyl sites for hydroxylation is 1. The largest absolute Gasteiger partial charge is 0.508 e. The lowest BCUT2D eigenvalue weighted by molar-refractivity contribution is -0.121. The fourth-order valence-electron chi connectivity index (χ4n) is 4.72. The predicted molar refractivity (Wildman–Crippen MR) is 106 cm³/mol. The Balaban J connectivity index is 1.65. The van der Waals surface area contributed by atoms with Crippen LogP contribution in [0.4, 0.5) is 5.69 Å². The van der Waals surface area contributed by atoms with Crippen LogP contribution < -0.4 is 5.32 Å². The molecule has 2 atom stereocenters. The van der Waals surface area contributed by atoms with Crippen molar-refractivity contribution in [1.29, 1.82) is 0 Å². The summed E-state index contributed by atoms with van der Waals surface area (Å²) in [4.78, 5) is 28.4. The predicted octanol–water partition coefficient (Wildman–Crippen LogP) is 2.60. The number of aromatic hydroxyl groups is 1. The second-order valence-electron chi connectivity index (χ2n) is 7.62. The van der Waals surface area contributed by atoms with Crippen LogP contribution in [0.15, 0.2) is 60.9 Å². The molecule has 2 unspecified atom stereocenters. The zero-order chi connectivity index (χ0) is 20.2. The molecular formula is C22H20N4O3. The number of rotatable bonds is 2. The van der Waals surface area contributed by atoms with Crippen LogP contribution in [0.3, 0.4) is 0 Å². The van der Waals surface area contributed by atoms with Gasteiger partial charge in [-0.2, -0.15) is 5.10 Å². The van der Waals surface area contributed by atoms with Crippen LogP contribution >= 0.6 is 0 Å². The van der Waals surface area contributed by atoms with Crippen LogP contribution in [0.2, 0.25) is 0 Å². The number of fused-ring (bicyclic) bond motifs is 2. The van der Waals surface area contributed by atoms with E-state index < -0.39 is 11.5 Å². The van der Waals surface area contributed by atoms with Crippen molar-refractivity contribution in [1.82, 2.24) is 14.7 Å². The number of anilines is 1. The smallest absolute Gasteiger partial charge is 0.254 e. The van der Waals surface area contributed by atoms with E-state index in [9.17, 15) is 14.7 Å².